The van der Waals surface area contributed by atoms with Gasteiger partial charge in [0.1, 0.15) is 0 Å². The molecule has 0 bridgehead atoms. The van der Waals surface area contributed by atoms with E-state index in [-0.39, 0.29) is 23.5 Å². The fourth-order valence-corrected chi connectivity index (χ4v) is 21.4. The minimum absolute atomic E-state index is 0. The van der Waals surface area contributed by atoms with Crippen LogP contribution < -0.4 is 0 Å². The molecule has 5 unspecified atom stereocenters. The number of aryl methyl sites for hydroxylation is 5. The lowest BCUT2D eigenvalue weighted by molar-refractivity contribution is 0.606. The summed E-state index contributed by atoms with van der Waals surface area (Å²) in [5.41, 5.74) is 29.2. The number of rotatable bonds is 45. The molecule has 0 fully saturated rings. The SMILES string of the molecule is CCCCCCCCc1ccc(C2CC=C(c3ccc([S])cc3)CC2)cc1.CCCCCCCCc1ccc(C2CC=C(c3ccc([S])cc3)CC2)cc1.CCCCCCCCc1ccc(C2CC=C(c3ccc([S])cc3)CC2)cc1.CCCCCCCCc1ccc(C2CC=C(c3ccc([S])cc3)CC2)cc1.CCCCCCCCc1ccc(C2CC=C(c3ccc([S])cc3)CC2)cc1.F.F.F.F.F. The number of hydrogen-bond donors (Lipinski definition) is 0. The van der Waals surface area contributed by atoms with Crippen LogP contribution in [0.4, 0.5) is 23.5 Å². The van der Waals surface area contributed by atoms with Crippen LogP contribution in [-0.4, -0.2) is 0 Å². The minimum atomic E-state index is 0. The average molecular weight is 1990 g/mol. The predicted molar refractivity (Wildman–Crippen MR) is 614 cm³/mol. The number of hydrogen-bond acceptors (Lipinski definition) is 0. The van der Waals surface area contributed by atoms with Crippen LogP contribution in [0.5, 0.6) is 0 Å². The van der Waals surface area contributed by atoms with Gasteiger partial charge in [-0.25, -0.2) is 0 Å². The van der Waals surface area contributed by atoms with Crippen LogP contribution >= 0.6 is 63.1 Å². The Kier molecular flexibility index (Phi) is 60.5. The van der Waals surface area contributed by atoms with Gasteiger partial charge in [0.05, 0.1) is 0 Å². The van der Waals surface area contributed by atoms with Crippen LogP contribution in [0.15, 0.2) is 298 Å². The molecule has 5 atom stereocenters. The number of benzene rings is 10. The van der Waals surface area contributed by atoms with E-state index in [9.17, 15) is 0 Å². The van der Waals surface area contributed by atoms with E-state index in [1.54, 1.807) is 0 Å². The molecule has 0 saturated carbocycles. The van der Waals surface area contributed by atoms with Crippen LogP contribution in [0.1, 0.15) is 437 Å². The summed E-state index contributed by atoms with van der Waals surface area (Å²) in [7, 11) is 0. The summed E-state index contributed by atoms with van der Waals surface area (Å²) >= 11 is 26.0. The zero-order valence-electron chi connectivity index (χ0n) is 85.8. The zero-order chi connectivity index (χ0) is 94.5. The van der Waals surface area contributed by atoms with E-state index in [0.717, 1.165) is 56.6 Å². The summed E-state index contributed by atoms with van der Waals surface area (Å²) in [6.45, 7) is 11.4. The molecule has 10 heteroatoms. The highest BCUT2D eigenvalue weighted by Crippen LogP contribution is 2.43. The second-order valence-corrected chi connectivity index (χ2v) is 42.3. The molecular formula is C130H170F5S5. The molecule has 140 heavy (non-hydrogen) atoms. The maximum atomic E-state index is 5.20. The Morgan fingerprint density at radius 2 is 0.307 bits per heavy atom. The van der Waals surface area contributed by atoms with Crippen molar-refractivity contribution in [3.63, 3.8) is 0 Å². The summed E-state index contributed by atoms with van der Waals surface area (Å²) in [4.78, 5) is 4.63. The van der Waals surface area contributed by atoms with Gasteiger partial charge in [0, 0.05) is 24.5 Å². The summed E-state index contributed by atoms with van der Waals surface area (Å²) in [6.07, 6.45) is 77.5. The molecular weight excluding hydrogens is 1820 g/mol. The average Bonchev–Trinajstić information content (AvgIpc) is 0.849. The highest BCUT2D eigenvalue weighted by atomic mass is 32.1. The highest BCUT2D eigenvalue weighted by molar-refractivity contribution is 7.81. The van der Waals surface area contributed by atoms with Crippen LogP contribution in [0.25, 0.3) is 27.9 Å². The number of unbranched alkanes of at least 4 members (excludes halogenated alkanes) is 25. The van der Waals surface area contributed by atoms with Crippen molar-refractivity contribution in [3.05, 3.63) is 356 Å². The zero-order valence-corrected chi connectivity index (χ0v) is 89.9. The molecule has 755 valence electrons. The Balaban J connectivity index is 0.000000266. The molecule has 10 aromatic carbocycles. The van der Waals surface area contributed by atoms with E-state index >= 15 is 0 Å². The summed E-state index contributed by atoms with van der Waals surface area (Å²) < 4.78 is 0. The first-order valence-corrected chi connectivity index (χ1v) is 56.1. The lowest BCUT2D eigenvalue weighted by Crippen LogP contribution is -2.04. The minimum Gasteiger partial charge on any atom is -0.269 e. The van der Waals surface area contributed by atoms with E-state index in [1.807, 2.05) is 60.7 Å². The topological polar surface area (TPSA) is 0 Å². The molecule has 5 aliphatic rings. The van der Waals surface area contributed by atoms with E-state index in [1.165, 1.54) is 400 Å². The normalized spacial score (nSPS) is 16.3. The summed E-state index contributed by atoms with van der Waals surface area (Å²) in [6, 6.07) is 89.5. The molecule has 0 saturated heterocycles. The third kappa shape index (κ3) is 43.7. The Bertz CT molecular complexity index is 4320. The van der Waals surface area contributed by atoms with Crippen molar-refractivity contribution in [2.75, 3.05) is 0 Å². The molecule has 5 radical (unpaired) electrons. The van der Waals surface area contributed by atoms with Crippen LogP contribution in [0, 0.1) is 0 Å². The van der Waals surface area contributed by atoms with E-state index in [2.05, 4.69) is 247 Å². The van der Waals surface area contributed by atoms with Crippen molar-refractivity contribution in [2.24, 2.45) is 0 Å². The van der Waals surface area contributed by atoms with Gasteiger partial charge in [0.15, 0.2) is 0 Å². The molecule has 0 aromatic heterocycles. The highest BCUT2D eigenvalue weighted by Gasteiger charge is 2.24. The smallest absolute Gasteiger partial charge is 0.0377 e. The standard InChI is InChI=1S/5C26H33S.5FH/c5*1-2-3-4-5-6-7-8-21-9-11-22(12-10-21)23-13-15-24(16-14-23)25-17-19-26(27)20-18-25;;;;;/h5*9-12,15,17-20,23H,2-8,13-14,16H2,1H3;5*1H. The maximum absolute atomic E-state index is 5.20. The maximum Gasteiger partial charge on any atom is 0.0377 e. The van der Waals surface area contributed by atoms with Gasteiger partial charge in [-0.3, -0.25) is 23.5 Å². The van der Waals surface area contributed by atoms with Gasteiger partial charge >= 0.3 is 0 Å². The second-order valence-electron chi connectivity index (χ2n) is 39.9. The molecule has 5 aliphatic carbocycles. The van der Waals surface area contributed by atoms with Crippen molar-refractivity contribution < 1.29 is 23.5 Å². The largest absolute Gasteiger partial charge is 0.269 e. The van der Waals surface area contributed by atoms with Crippen molar-refractivity contribution in [1.82, 2.24) is 0 Å². The van der Waals surface area contributed by atoms with Gasteiger partial charge in [-0.05, 0) is 362 Å². The summed E-state index contributed by atoms with van der Waals surface area (Å²) in [5, 5.41) is 0. The molecule has 0 heterocycles. The molecule has 0 nitrogen and oxygen atoms in total. The molecule has 0 amide bonds. The van der Waals surface area contributed by atoms with Crippen LogP contribution in [-0.2, 0) is 32.1 Å². The Hall–Kier alpha value is -8.35. The van der Waals surface area contributed by atoms with Crippen LogP contribution in [0.3, 0.4) is 0 Å². The molecule has 0 N–H and O–H groups in total. The first-order chi connectivity index (χ1) is 66.3. The Morgan fingerprint density at radius 1 is 0.171 bits per heavy atom. The quantitative estimate of drug-likeness (QED) is 0.0264. The van der Waals surface area contributed by atoms with Crippen molar-refractivity contribution in [2.45, 2.75) is 410 Å². The number of allylic oxidation sites excluding steroid dienone is 10. The van der Waals surface area contributed by atoms with Gasteiger partial charge in [0.25, 0.3) is 0 Å². The molecule has 15 rings (SSSR count). The fourth-order valence-electron chi connectivity index (χ4n) is 20.7. The lowest BCUT2D eigenvalue weighted by atomic mass is 9.82. The first-order valence-electron chi connectivity index (χ1n) is 54.1. The van der Waals surface area contributed by atoms with Crippen molar-refractivity contribution in [3.8, 4) is 0 Å². The van der Waals surface area contributed by atoms with E-state index in [4.69, 9.17) is 63.1 Å². The Labute approximate surface area is 873 Å². The van der Waals surface area contributed by atoms with E-state index < -0.39 is 0 Å². The Morgan fingerprint density at radius 3 is 0.436 bits per heavy atom. The first kappa shape index (κ1) is 120. The molecule has 0 aliphatic heterocycles. The van der Waals surface area contributed by atoms with Gasteiger partial charge in [-0.2, -0.15) is 0 Å². The lowest BCUT2D eigenvalue weighted by Gasteiger charge is -2.23. The van der Waals surface area contributed by atoms with Crippen molar-refractivity contribution >= 4 is 91.0 Å². The van der Waals surface area contributed by atoms with E-state index in [0.29, 0.717) is 29.6 Å². The molecule has 10 aromatic rings. The van der Waals surface area contributed by atoms with Gasteiger partial charge in [-0.15, -0.1) is 0 Å². The van der Waals surface area contributed by atoms with Gasteiger partial charge < -0.3 is 0 Å². The summed E-state index contributed by atoms with van der Waals surface area (Å²) in [5.74, 6) is 3.38. The van der Waals surface area contributed by atoms with Crippen LogP contribution in [0.2, 0.25) is 0 Å². The van der Waals surface area contributed by atoms with Crippen molar-refractivity contribution in [1.29, 1.82) is 0 Å². The fraction of sp³-hybridized carbons (Fsp3) is 0.462. The predicted octanol–water partition coefficient (Wildman–Crippen LogP) is 43.2. The van der Waals surface area contributed by atoms with Gasteiger partial charge in [0.2, 0.25) is 0 Å². The van der Waals surface area contributed by atoms with Gasteiger partial charge in [-0.1, -0.05) is 471 Å². The monoisotopic (exact) mass is 1990 g/mol. The second kappa shape index (κ2) is 70.4. The molecule has 0 spiro atoms. The third-order valence-corrected chi connectivity index (χ3v) is 30.9. The third-order valence-electron chi connectivity index (χ3n) is 29.5. The number of halogens is 5.